The molecule has 4 nitrogen and oxygen atoms in total. The van der Waals surface area contributed by atoms with Gasteiger partial charge in [0, 0.05) is 18.8 Å². The number of carbonyl (C=O) groups excluding carboxylic acids is 1. The molecule has 1 amide bonds. The first kappa shape index (κ1) is 18.3. The molecule has 0 saturated heterocycles. The molecule has 0 bridgehead atoms. The van der Waals surface area contributed by atoms with Gasteiger partial charge in [-0.1, -0.05) is 85.8 Å². The monoisotopic (exact) mass is 365 g/mol. The molecule has 0 aliphatic rings. The molecule has 0 saturated carbocycles. The lowest BCUT2D eigenvalue weighted by atomic mass is 9.88. The van der Waals surface area contributed by atoms with Gasteiger partial charge >= 0.3 is 0 Å². The Morgan fingerprint density at radius 1 is 0.962 bits per heavy atom. The van der Waals surface area contributed by atoms with Crippen LogP contribution in [0, 0.1) is 5.92 Å². The van der Waals surface area contributed by atoms with E-state index in [1.165, 1.54) is 11.3 Å². The maximum atomic E-state index is 12.6. The zero-order valence-corrected chi connectivity index (χ0v) is 15.9. The molecule has 0 aliphatic heterocycles. The maximum absolute atomic E-state index is 12.6. The van der Waals surface area contributed by atoms with E-state index in [1.54, 1.807) is 0 Å². The van der Waals surface area contributed by atoms with Crippen molar-refractivity contribution in [1.29, 1.82) is 0 Å². The van der Waals surface area contributed by atoms with Crippen LogP contribution in [0.4, 0.5) is 5.13 Å². The second-order valence-corrected chi connectivity index (χ2v) is 7.79. The van der Waals surface area contributed by atoms with Crippen molar-refractivity contribution < 1.29 is 4.79 Å². The van der Waals surface area contributed by atoms with Crippen LogP contribution in [0.2, 0.25) is 0 Å². The molecule has 2 aromatic carbocycles. The van der Waals surface area contributed by atoms with E-state index in [0.717, 1.165) is 22.6 Å². The third kappa shape index (κ3) is 4.99. The van der Waals surface area contributed by atoms with Gasteiger partial charge in [-0.2, -0.15) is 0 Å². The molecule has 3 rings (SSSR count). The lowest BCUT2D eigenvalue weighted by Gasteiger charge is -2.17. The standard InChI is InChI=1S/C21H23N3OS/c1-15(2)13-20-23-24-21(26-20)22-19(25)14-18(16-9-5-3-6-10-16)17-11-7-4-8-12-17/h3-12,15,18H,13-14H2,1-2H3,(H,22,24,25). The Morgan fingerprint density at radius 2 is 1.54 bits per heavy atom. The van der Waals surface area contributed by atoms with Crippen LogP contribution in [0.5, 0.6) is 0 Å². The van der Waals surface area contributed by atoms with Crippen molar-refractivity contribution in [1.82, 2.24) is 10.2 Å². The van der Waals surface area contributed by atoms with E-state index in [-0.39, 0.29) is 11.8 Å². The lowest BCUT2D eigenvalue weighted by Crippen LogP contribution is -2.16. The van der Waals surface area contributed by atoms with Crippen molar-refractivity contribution in [3.8, 4) is 0 Å². The highest BCUT2D eigenvalue weighted by Crippen LogP contribution is 2.28. The van der Waals surface area contributed by atoms with Crippen LogP contribution < -0.4 is 5.32 Å². The fraction of sp³-hybridized carbons (Fsp3) is 0.286. The predicted molar refractivity (Wildman–Crippen MR) is 106 cm³/mol. The van der Waals surface area contributed by atoms with Crippen LogP contribution in [0.15, 0.2) is 60.7 Å². The van der Waals surface area contributed by atoms with E-state index in [1.807, 2.05) is 36.4 Å². The summed E-state index contributed by atoms with van der Waals surface area (Å²) < 4.78 is 0. The Kier molecular flexibility index (Phi) is 6.12. The van der Waals surface area contributed by atoms with Crippen molar-refractivity contribution >= 4 is 22.4 Å². The minimum absolute atomic E-state index is 0.0143. The molecule has 0 radical (unpaired) electrons. The highest BCUT2D eigenvalue weighted by atomic mass is 32.1. The molecule has 0 aliphatic carbocycles. The molecular formula is C21H23N3OS. The van der Waals surface area contributed by atoms with Gasteiger partial charge < -0.3 is 5.32 Å². The van der Waals surface area contributed by atoms with Crippen LogP contribution in [0.25, 0.3) is 0 Å². The van der Waals surface area contributed by atoms with Gasteiger partial charge in [-0.3, -0.25) is 4.79 Å². The van der Waals surface area contributed by atoms with Crippen LogP contribution in [-0.4, -0.2) is 16.1 Å². The number of aromatic nitrogens is 2. The van der Waals surface area contributed by atoms with E-state index in [4.69, 9.17) is 0 Å². The Labute approximate surface area is 158 Å². The Hall–Kier alpha value is -2.53. The Morgan fingerprint density at radius 3 is 2.08 bits per heavy atom. The number of nitrogens with zero attached hydrogens (tertiary/aromatic N) is 2. The summed E-state index contributed by atoms with van der Waals surface area (Å²) in [7, 11) is 0. The van der Waals surface area contributed by atoms with Gasteiger partial charge in [0.05, 0.1) is 0 Å². The highest BCUT2D eigenvalue weighted by Gasteiger charge is 2.19. The van der Waals surface area contributed by atoms with Gasteiger partial charge in [-0.25, -0.2) is 0 Å². The molecule has 0 spiro atoms. The summed E-state index contributed by atoms with van der Waals surface area (Å²) >= 11 is 1.45. The van der Waals surface area contributed by atoms with Crippen LogP contribution >= 0.6 is 11.3 Å². The van der Waals surface area contributed by atoms with Gasteiger partial charge in [0.1, 0.15) is 5.01 Å². The minimum atomic E-state index is -0.0463. The number of benzene rings is 2. The smallest absolute Gasteiger partial charge is 0.227 e. The number of hydrogen-bond acceptors (Lipinski definition) is 4. The minimum Gasteiger partial charge on any atom is -0.300 e. The molecule has 1 N–H and O–H groups in total. The lowest BCUT2D eigenvalue weighted by molar-refractivity contribution is -0.116. The summed E-state index contributed by atoms with van der Waals surface area (Å²) in [5.41, 5.74) is 2.26. The molecule has 0 atom stereocenters. The second-order valence-electron chi connectivity index (χ2n) is 6.73. The molecule has 3 aromatic rings. The van der Waals surface area contributed by atoms with Gasteiger partial charge in [-0.05, 0) is 17.0 Å². The van der Waals surface area contributed by atoms with E-state index in [9.17, 15) is 4.79 Å². The quantitative estimate of drug-likeness (QED) is 0.648. The third-order valence-corrected chi connectivity index (χ3v) is 4.95. The van der Waals surface area contributed by atoms with Gasteiger partial charge in [0.15, 0.2) is 0 Å². The average molecular weight is 366 g/mol. The normalized spacial score (nSPS) is 11.1. The first-order valence-electron chi connectivity index (χ1n) is 8.84. The van der Waals surface area contributed by atoms with Crippen molar-refractivity contribution in [3.05, 3.63) is 76.8 Å². The van der Waals surface area contributed by atoms with Gasteiger partial charge in [0.25, 0.3) is 0 Å². The summed E-state index contributed by atoms with van der Waals surface area (Å²) in [6.45, 7) is 4.29. The van der Waals surface area contributed by atoms with Crippen molar-refractivity contribution in [2.75, 3.05) is 5.32 Å². The second kappa shape index (κ2) is 8.72. The van der Waals surface area contributed by atoms with Gasteiger partial charge in [0.2, 0.25) is 11.0 Å². The maximum Gasteiger partial charge on any atom is 0.227 e. The van der Waals surface area contributed by atoms with Crippen LogP contribution in [-0.2, 0) is 11.2 Å². The molecule has 5 heteroatoms. The number of anilines is 1. The van der Waals surface area contributed by atoms with Crippen LogP contribution in [0.1, 0.15) is 42.3 Å². The molecule has 0 unspecified atom stereocenters. The molecule has 1 aromatic heterocycles. The highest BCUT2D eigenvalue weighted by molar-refractivity contribution is 7.15. The number of nitrogens with one attached hydrogen (secondary N) is 1. The number of rotatable bonds is 7. The summed E-state index contributed by atoms with van der Waals surface area (Å²) in [4.78, 5) is 12.6. The molecule has 1 heterocycles. The summed E-state index contributed by atoms with van der Waals surface area (Å²) in [6.07, 6.45) is 1.25. The predicted octanol–water partition coefficient (Wildman–Crippen LogP) is 4.90. The summed E-state index contributed by atoms with van der Waals surface area (Å²) in [6, 6.07) is 20.3. The zero-order valence-electron chi connectivity index (χ0n) is 15.1. The number of hydrogen-bond donors (Lipinski definition) is 1. The molecule has 134 valence electrons. The van der Waals surface area contributed by atoms with Crippen molar-refractivity contribution in [2.24, 2.45) is 5.92 Å². The van der Waals surface area contributed by atoms with E-state index in [2.05, 4.69) is 53.6 Å². The van der Waals surface area contributed by atoms with E-state index >= 15 is 0 Å². The third-order valence-electron chi connectivity index (χ3n) is 4.09. The largest absolute Gasteiger partial charge is 0.300 e. The number of carbonyl (C=O) groups is 1. The summed E-state index contributed by atoms with van der Waals surface area (Å²) in [5, 5.41) is 12.7. The van der Waals surface area contributed by atoms with E-state index in [0.29, 0.717) is 17.5 Å². The van der Waals surface area contributed by atoms with Crippen LogP contribution in [0.3, 0.4) is 0 Å². The van der Waals surface area contributed by atoms with Crippen molar-refractivity contribution in [2.45, 2.75) is 32.6 Å². The fourth-order valence-electron chi connectivity index (χ4n) is 2.89. The molecule has 0 fully saturated rings. The van der Waals surface area contributed by atoms with E-state index < -0.39 is 0 Å². The van der Waals surface area contributed by atoms with Gasteiger partial charge in [-0.15, -0.1) is 10.2 Å². The average Bonchev–Trinajstić information content (AvgIpc) is 3.07. The first-order chi connectivity index (χ1) is 12.6. The first-order valence-corrected chi connectivity index (χ1v) is 9.65. The topological polar surface area (TPSA) is 54.9 Å². The fourth-order valence-corrected chi connectivity index (χ4v) is 3.86. The number of amides is 1. The SMILES string of the molecule is CC(C)Cc1nnc(NC(=O)CC(c2ccccc2)c2ccccc2)s1. The van der Waals surface area contributed by atoms with Crippen molar-refractivity contribution in [3.63, 3.8) is 0 Å². The Bertz CT molecular complexity index is 791. The summed E-state index contributed by atoms with van der Waals surface area (Å²) in [5.74, 6) is 0.488. The molecular weight excluding hydrogens is 342 g/mol. The Balaban J connectivity index is 1.72. The zero-order chi connectivity index (χ0) is 18.4. The molecule has 26 heavy (non-hydrogen) atoms.